The van der Waals surface area contributed by atoms with E-state index in [9.17, 15) is 9.59 Å². The Hall–Kier alpha value is -3.55. The summed E-state index contributed by atoms with van der Waals surface area (Å²) in [6.45, 7) is 5.30. The highest BCUT2D eigenvalue weighted by atomic mass is 16.6. The predicted octanol–water partition coefficient (Wildman–Crippen LogP) is 3.22. The van der Waals surface area contributed by atoms with Crippen molar-refractivity contribution in [3.63, 3.8) is 0 Å². The summed E-state index contributed by atoms with van der Waals surface area (Å²) in [5.74, 6) is 0.0398. The van der Waals surface area contributed by atoms with Crippen molar-refractivity contribution in [3.8, 4) is 0 Å². The molecule has 0 aliphatic heterocycles. The third-order valence-electron chi connectivity index (χ3n) is 4.15. The predicted molar refractivity (Wildman–Crippen MR) is 112 cm³/mol. The first kappa shape index (κ1) is 20.2. The highest BCUT2D eigenvalue weighted by Crippen LogP contribution is 2.21. The van der Waals surface area contributed by atoms with Gasteiger partial charge in [0.05, 0.1) is 5.52 Å². The maximum absolute atomic E-state index is 12.9. The molecular weight excluding hydrogens is 370 g/mol. The van der Waals surface area contributed by atoms with Crippen molar-refractivity contribution in [1.29, 1.82) is 0 Å². The summed E-state index contributed by atoms with van der Waals surface area (Å²) >= 11 is 0. The molecule has 0 saturated carbocycles. The van der Waals surface area contributed by atoms with E-state index in [1.54, 1.807) is 39.0 Å². The maximum Gasteiger partial charge on any atom is 0.408 e. The number of benzene rings is 2. The molecule has 29 heavy (non-hydrogen) atoms. The summed E-state index contributed by atoms with van der Waals surface area (Å²) in [6, 6.07) is 13.9. The summed E-state index contributed by atoms with van der Waals surface area (Å²) in [7, 11) is 0. The Morgan fingerprint density at radius 3 is 2.59 bits per heavy atom. The molecule has 3 aromatic rings. The van der Waals surface area contributed by atoms with E-state index in [-0.39, 0.29) is 5.91 Å². The van der Waals surface area contributed by atoms with Crippen LogP contribution < -0.4 is 16.4 Å². The van der Waals surface area contributed by atoms with Crippen LogP contribution in [0.15, 0.2) is 48.5 Å². The third kappa shape index (κ3) is 5.47. The van der Waals surface area contributed by atoms with Gasteiger partial charge in [0, 0.05) is 17.5 Å². The van der Waals surface area contributed by atoms with Crippen LogP contribution in [0.4, 0.5) is 16.3 Å². The number of hydrogen-bond acceptors (Lipinski definition) is 5. The molecule has 0 radical (unpaired) electrons. The summed E-state index contributed by atoms with van der Waals surface area (Å²) in [5, 5.41) is 13.0. The van der Waals surface area contributed by atoms with Gasteiger partial charge in [-0.1, -0.05) is 30.3 Å². The number of carbonyl (C=O) groups is 2. The number of nitrogens with zero attached hydrogens (tertiary/aromatic N) is 1. The van der Waals surface area contributed by atoms with Crippen LogP contribution in [-0.4, -0.2) is 33.8 Å². The van der Waals surface area contributed by atoms with Gasteiger partial charge in [0.15, 0.2) is 5.82 Å². The first-order valence-corrected chi connectivity index (χ1v) is 9.29. The highest BCUT2D eigenvalue weighted by Gasteiger charge is 2.25. The average Bonchev–Trinajstić information content (AvgIpc) is 3.01. The van der Waals surface area contributed by atoms with Gasteiger partial charge in [-0.2, -0.15) is 5.10 Å². The van der Waals surface area contributed by atoms with Gasteiger partial charge in [0.1, 0.15) is 11.6 Å². The number of anilines is 2. The van der Waals surface area contributed by atoms with Crippen LogP contribution in [0.5, 0.6) is 0 Å². The van der Waals surface area contributed by atoms with E-state index in [4.69, 9.17) is 10.5 Å². The van der Waals surface area contributed by atoms with E-state index in [2.05, 4.69) is 20.8 Å². The standard InChI is InChI=1S/C21H25N5O3/c1-21(2,3)29-20(28)24-17(11-13-7-5-4-6-8-13)19(27)23-14-9-10-15-16(12-14)25-26-18(15)22/h4-10,12,17H,11H2,1-3H3,(H,23,27)(H,24,28)(H3,22,25,26)/t17-/m0/s1. The van der Waals surface area contributed by atoms with Crippen molar-refractivity contribution >= 4 is 34.4 Å². The Morgan fingerprint density at radius 1 is 1.17 bits per heavy atom. The SMILES string of the molecule is CC(C)(C)OC(=O)N[C@@H](Cc1ccccc1)C(=O)Nc1ccc2c(N)n[nH]c2c1. The summed E-state index contributed by atoms with van der Waals surface area (Å²) in [4.78, 5) is 25.2. The van der Waals surface area contributed by atoms with E-state index in [1.807, 2.05) is 30.3 Å². The van der Waals surface area contributed by atoms with Gasteiger partial charge >= 0.3 is 6.09 Å². The number of fused-ring (bicyclic) bond motifs is 1. The van der Waals surface area contributed by atoms with Crippen LogP contribution in [0.25, 0.3) is 10.9 Å². The largest absolute Gasteiger partial charge is 0.444 e. The van der Waals surface area contributed by atoms with Gasteiger partial charge in [-0.15, -0.1) is 0 Å². The fourth-order valence-electron chi connectivity index (χ4n) is 2.86. The minimum atomic E-state index is -0.810. The van der Waals surface area contributed by atoms with Crippen molar-refractivity contribution in [2.45, 2.75) is 38.8 Å². The van der Waals surface area contributed by atoms with Gasteiger partial charge in [0.25, 0.3) is 0 Å². The molecule has 0 fully saturated rings. The van der Waals surface area contributed by atoms with E-state index in [0.717, 1.165) is 10.9 Å². The number of H-pyrrole nitrogens is 1. The molecule has 1 atom stereocenters. The number of nitrogens with one attached hydrogen (secondary N) is 3. The number of alkyl carbamates (subject to hydrolysis) is 1. The number of carbonyl (C=O) groups excluding carboxylic acids is 2. The van der Waals surface area contributed by atoms with Gasteiger partial charge in [0.2, 0.25) is 5.91 Å². The molecule has 5 N–H and O–H groups in total. The Morgan fingerprint density at radius 2 is 1.90 bits per heavy atom. The number of nitrogens with two attached hydrogens (primary N) is 1. The molecule has 0 unspecified atom stereocenters. The first-order chi connectivity index (χ1) is 13.7. The lowest BCUT2D eigenvalue weighted by Crippen LogP contribution is -2.47. The Kier molecular flexibility index (Phi) is 5.72. The smallest absolute Gasteiger partial charge is 0.408 e. The van der Waals surface area contributed by atoms with E-state index < -0.39 is 17.7 Å². The first-order valence-electron chi connectivity index (χ1n) is 9.29. The molecule has 8 heteroatoms. The number of hydrogen-bond donors (Lipinski definition) is 4. The molecule has 0 saturated heterocycles. The average molecular weight is 395 g/mol. The van der Waals surface area contributed by atoms with E-state index in [1.165, 1.54) is 0 Å². The van der Waals surface area contributed by atoms with Gasteiger partial charge in [-0.3, -0.25) is 9.89 Å². The maximum atomic E-state index is 12.9. The zero-order valence-electron chi connectivity index (χ0n) is 16.7. The molecule has 1 aromatic heterocycles. The van der Waals surface area contributed by atoms with Crippen molar-refractivity contribution in [2.75, 3.05) is 11.1 Å². The Balaban J connectivity index is 1.77. The van der Waals surface area contributed by atoms with Crippen LogP contribution in [0.3, 0.4) is 0 Å². The van der Waals surface area contributed by atoms with Crippen LogP contribution in [0, 0.1) is 0 Å². The molecule has 0 bridgehead atoms. The van der Waals surface area contributed by atoms with Crippen molar-refractivity contribution in [1.82, 2.24) is 15.5 Å². The van der Waals surface area contributed by atoms with Crippen LogP contribution >= 0.6 is 0 Å². The zero-order chi connectivity index (χ0) is 21.0. The minimum Gasteiger partial charge on any atom is -0.444 e. The summed E-state index contributed by atoms with van der Waals surface area (Å²) in [5.41, 5.74) is 7.30. The van der Waals surface area contributed by atoms with Gasteiger partial charge < -0.3 is 21.1 Å². The molecule has 0 spiro atoms. The van der Waals surface area contributed by atoms with Crippen molar-refractivity contribution in [3.05, 3.63) is 54.1 Å². The number of amides is 2. The third-order valence-corrected chi connectivity index (χ3v) is 4.15. The molecule has 0 aliphatic rings. The van der Waals surface area contributed by atoms with E-state index in [0.29, 0.717) is 23.4 Å². The second kappa shape index (κ2) is 8.22. The molecule has 2 aromatic carbocycles. The van der Waals surface area contributed by atoms with Crippen LogP contribution in [0.1, 0.15) is 26.3 Å². The number of ether oxygens (including phenoxy) is 1. The summed E-state index contributed by atoms with van der Waals surface area (Å²) in [6.07, 6.45) is -0.323. The Bertz CT molecular complexity index is 1010. The lowest BCUT2D eigenvalue weighted by atomic mass is 10.1. The molecule has 1 heterocycles. The number of aromatic amines is 1. The quantitative estimate of drug-likeness (QED) is 0.528. The topological polar surface area (TPSA) is 122 Å². The van der Waals surface area contributed by atoms with Crippen LogP contribution in [0.2, 0.25) is 0 Å². The number of rotatable bonds is 5. The monoisotopic (exact) mass is 395 g/mol. The van der Waals surface area contributed by atoms with Crippen molar-refractivity contribution in [2.24, 2.45) is 0 Å². The lowest BCUT2D eigenvalue weighted by Gasteiger charge is -2.23. The number of nitrogen functional groups attached to an aromatic ring is 1. The van der Waals surface area contributed by atoms with Crippen molar-refractivity contribution < 1.29 is 14.3 Å². The normalized spacial score (nSPS) is 12.4. The highest BCUT2D eigenvalue weighted by molar-refractivity contribution is 5.99. The fourth-order valence-corrected chi connectivity index (χ4v) is 2.86. The molecule has 8 nitrogen and oxygen atoms in total. The van der Waals surface area contributed by atoms with Gasteiger partial charge in [-0.05, 0) is 44.5 Å². The van der Waals surface area contributed by atoms with Gasteiger partial charge in [-0.25, -0.2) is 4.79 Å². The second-order valence-corrected chi connectivity index (χ2v) is 7.75. The lowest BCUT2D eigenvalue weighted by molar-refractivity contribution is -0.118. The molecular formula is C21H25N5O3. The second-order valence-electron chi connectivity index (χ2n) is 7.75. The summed E-state index contributed by atoms with van der Waals surface area (Å²) < 4.78 is 5.31. The zero-order valence-corrected chi connectivity index (χ0v) is 16.7. The fraction of sp³-hybridized carbons (Fsp3) is 0.286. The Labute approximate surface area is 168 Å². The van der Waals surface area contributed by atoms with Crippen LogP contribution in [-0.2, 0) is 16.0 Å². The molecule has 2 amide bonds. The molecule has 3 rings (SSSR count). The molecule has 152 valence electrons. The number of aromatic nitrogens is 2. The van der Waals surface area contributed by atoms with E-state index >= 15 is 0 Å². The minimum absolute atomic E-state index is 0.325. The molecule has 0 aliphatic carbocycles.